The molecule has 18 heavy (non-hydrogen) atoms. The third kappa shape index (κ3) is 3.01. The van der Waals surface area contributed by atoms with Crippen LogP contribution in [0.3, 0.4) is 0 Å². The van der Waals surface area contributed by atoms with Gasteiger partial charge in [-0.3, -0.25) is 4.98 Å². The van der Waals surface area contributed by atoms with E-state index in [1.54, 1.807) is 0 Å². The molecule has 2 rings (SSSR count). The van der Waals surface area contributed by atoms with Gasteiger partial charge in [-0.15, -0.1) is 0 Å². The molecular formula is C13H9ClF3N. The van der Waals surface area contributed by atoms with Crippen molar-refractivity contribution in [2.75, 3.05) is 0 Å². The van der Waals surface area contributed by atoms with Crippen LogP contribution in [-0.4, -0.2) is 4.98 Å². The number of alkyl halides is 3. The van der Waals surface area contributed by atoms with Crippen LogP contribution in [0, 0.1) is 0 Å². The first-order valence-corrected chi connectivity index (χ1v) is 5.60. The smallest absolute Gasteiger partial charge is 0.259 e. The Balaban J connectivity index is 2.26. The van der Waals surface area contributed by atoms with Gasteiger partial charge in [0.1, 0.15) is 0 Å². The van der Waals surface area contributed by atoms with Gasteiger partial charge in [0.25, 0.3) is 0 Å². The lowest BCUT2D eigenvalue weighted by atomic mass is 10.1. The zero-order valence-corrected chi connectivity index (χ0v) is 9.96. The average molecular weight is 272 g/mol. The number of aromatic nitrogens is 1. The normalized spacial score (nSPS) is 11.6. The zero-order valence-electron chi connectivity index (χ0n) is 9.21. The van der Waals surface area contributed by atoms with Crippen LogP contribution >= 0.6 is 11.6 Å². The first kappa shape index (κ1) is 12.9. The number of nitrogens with zero attached hydrogens (tertiary/aromatic N) is 1. The van der Waals surface area contributed by atoms with Gasteiger partial charge in [-0.25, -0.2) is 0 Å². The molecule has 94 valence electrons. The summed E-state index contributed by atoms with van der Waals surface area (Å²) in [5.41, 5.74) is 0.562. The molecule has 0 fully saturated rings. The molecule has 0 aliphatic rings. The van der Waals surface area contributed by atoms with Gasteiger partial charge in [-0.2, -0.15) is 13.2 Å². The van der Waals surface area contributed by atoms with Gasteiger partial charge in [-0.05, 0) is 11.6 Å². The molecule has 2 aromatic rings. The highest BCUT2D eigenvalue weighted by atomic mass is 35.5. The number of halogens is 4. The van der Waals surface area contributed by atoms with E-state index in [1.807, 2.05) is 30.3 Å². The predicted molar refractivity (Wildman–Crippen MR) is 63.5 cm³/mol. The Labute approximate surface area is 107 Å². The fraction of sp³-hybridized carbons (Fsp3) is 0.154. The minimum atomic E-state index is -4.41. The van der Waals surface area contributed by atoms with E-state index >= 15 is 0 Å². The van der Waals surface area contributed by atoms with Gasteiger partial charge < -0.3 is 0 Å². The van der Waals surface area contributed by atoms with E-state index in [0.717, 1.165) is 17.8 Å². The van der Waals surface area contributed by atoms with Crippen molar-refractivity contribution in [1.29, 1.82) is 0 Å². The van der Waals surface area contributed by atoms with E-state index in [2.05, 4.69) is 4.98 Å². The van der Waals surface area contributed by atoms with E-state index in [-0.39, 0.29) is 5.02 Å². The third-order valence-electron chi connectivity index (χ3n) is 2.46. The van der Waals surface area contributed by atoms with Crippen molar-refractivity contribution in [2.45, 2.75) is 12.6 Å². The van der Waals surface area contributed by atoms with Crippen LogP contribution in [0.25, 0.3) is 0 Å². The fourth-order valence-electron chi connectivity index (χ4n) is 1.54. The Kier molecular flexibility index (Phi) is 3.57. The van der Waals surface area contributed by atoms with E-state index in [4.69, 9.17) is 11.6 Å². The number of benzene rings is 1. The maximum atomic E-state index is 12.4. The molecule has 1 aromatic heterocycles. The summed E-state index contributed by atoms with van der Waals surface area (Å²) in [5, 5.41) is 0.0358. The molecule has 0 N–H and O–H groups in total. The molecule has 0 amide bonds. The average Bonchev–Trinajstić information content (AvgIpc) is 2.32. The molecule has 1 aromatic carbocycles. The summed E-state index contributed by atoms with van der Waals surface area (Å²) in [5.74, 6) is 0. The van der Waals surface area contributed by atoms with Crippen LogP contribution in [0.1, 0.15) is 16.8 Å². The van der Waals surface area contributed by atoms with Crippen molar-refractivity contribution in [3.63, 3.8) is 0 Å². The molecule has 0 bridgehead atoms. The number of hydrogen-bond donors (Lipinski definition) is 0. The summed E-state index contributed by atoms with van der Waals surface area (Å²) in [4.78, 5) is 3.79. The number of hydrogen-bond acceptors (Lipinski definition) is 1. The molecule has 0 saturated carbocycles. The van der Waals surface area contributed by atoms with E-state index in [0.29, 0.717) is 12.1 Å². The van der Waals surface area contributed by atoms with Crippen LogP contribution < -0.4 is 0 Å². The monoisotopic (exact) mass is 271 g/mol. The summed E-state index contributed by atoms with van der Waals surface area (Å²) in [6.07, 6.45) is -3.19. The Morgan fingerprint density at radius 3 is 2.33 bits per heavy atom. The largest absolute Gasteiger partial charge is 0.417 e. The molecule has 5 heteroatoms. The molecule has 0 unspecified atom stereocenters. The highest BCUT2D eigenvalue weighted by Crippen LogP contribution is 2.31. The molecular weight excluding hydrogens is 263 g/mol. The lowest BCUT2D eigenvalue weighted by Gasteiger charge is -2.09. The Morgan fingerprint density at radius 2 is 1.78 bits per heavy atom. The molecule has 1 heterocycles. The van der Waals surface area contributed by atoms with Crippen molar-refractivity contribution in [1.82, 2.24) is 4.98 Å². The summed E-state index contributed by atoms with van der Waals surface area (Å²) in [6.45, 7) is 0. The quantitative estimate of drug-likeness (QED) is 0.791. The Bertz CT molecular complexity index is 538. The summed E-state index contributed by atoms with van der Waals surface area (Å²) < 4.78 is 37.3. The Morgan fingerprint density at radius 1 is 1.11 bits per heavy atom. The standard InChI is InChI=1S/C13H9ClF3N/c14-11-7-10(13(15,16)17)8-18-12(11)6-9-4-2-1-3-5-9/h1-5,7-8H,6H2. The molecule has 0 aliphatic heterocycles. The van der Waals surface area contributed by atoms with Gasteiger partial charge in [0.15, 0.2) is 0 Å². The van der Waals surface area contributed by atoms with Crippen LogP contribution in [0.5, 0.6) is 0 Å². The van der Waals surface area contributed by atoms with Crippen molar-refractivity contribution >= 4 is 11.6 Å². The third-order valence-corrected chi connectivity index (χ3v) is 2.79. The first-order chi connectivity index (χ1) is 8.47. The lowest BCUT2D eigenvalue weighted by molar-refractivity contribution is -0.137. The van der Waals surface area contributed by atoms with Crippen LogP contribution in [0.15, 0.2) is 42.6 Å². The van der Waals surface area contributed by atoms with Gasteiger partial charge in [0.05, 0.1) is 16.3 Å². The number of pyridine rings is 1. The maximum absolute atomic E-state index is 12.4. The van der Waals surface area contributed by atoms with Crippen molar-refractivity contribution < 1.29 is 13.2 Å². The molecule has 0 aliphatic carbocycles. The van der Waals surface area contributed by atoms with Crippen LogP contribution in [-0.2, 0) is 12.6 Å². The molecule has 0 radical (unpaired) electrons. The first-order valence-electron chi connectivity index (χ1n) is 5.22. The maximum Gasteiger partial charge on any atom is 0.417 e. The summed E-state index contributed by atoms with van der Waals surface area (Å²) in [7, 11) is 0. The highest BCUT2D eigenvalue weighted by Gasteiger charge is 2.31. The van der Waals surface area contributed by atoms with Crippen molar-refractivity contribution in [3.8, 4) is 0 Å². The van der Waals surface area contributed by atoms with Crippen LogP contribution in [0.4, 0.5) is 13.2 Å². The van der Waals surface area contributed by atoms with E-state index in [9.17, 15) is 13.2 Å². The second-order valence-electron chi connectivity index (χ2n) is 3.81. The minimum Gasteiger partial charge on any atom is -0.259 e. The number of rotatable bonds is 2. The lowest BCUT2D eigenvalue weighted by Crippen LogP contribution is -2.06. The van der Waals surface area contributed by atoms with Gasteiger partial charge >= 0.3 is 6.18 Å². The highest BCUT2D eigenvalue weighted by molar-refractivity contribution is 6.31. The molecule has 0 atom stereocenters. The second kappa shape index (κ2) is 4.98. The van der Waals surface area contributed by atoms with E-state index in [1.165, 1.54) is 0 Å². The SMILES string of the molecule is FC(F)(F)c1cnc(Cc2ccccc2)c(Cl)c1. The van der Waals surface area contributed by atoms with Gasteiger partial charge in [0.2, 0.25) is 0 Å². The second-order valence-corrected chi connectivity index (χ2v) is 4.22. The van der Waals surface area contributed by atoms with Crippen molar-refractivity contribution in [2.24, 2.45) is 0 Å². The fourth-order valence-corrected chi connectivity index (χ4v) is 1.77. The van der Waals surface area contributed by atoms with Gasteiger partial charge in [-0.1, -0.05) is 41.9 Å². The van der Waals surface area contributed by atoms with E-state index < -0.39 is 11.7 Å². The van der Waals surface area contributed by atoms with Gasteiger partial charge in [0, 0.05) is 12.6 Å². The zero-order chi connectivity index (χ0) is 13.2. The Hall–Kier alpha value is -1.55. The van der Waals surface area contributed by atoms with Crippen LogP contribution in [0.2, 0.25) is 5.02 Å². The molecule has 1 nitrogen and oxygen atoms in total. The predicted octanol–water partition coefficient (Wildman–Crippen LogP) is 4.34. The summed E-state index contributed by atoms with van der Waals surface area (Å²) in [6, 6.07) is 10.2. The van der Waals surface area contributed by atoms with Crippen molar-refractivity contribution in [3.05, 3.63) is 64.4 Å². The minimum absolute atomic E-state index is 0.0358. The summed E-state index contributed by atoms with van der Waals surface area (Å²) >= 11 is 5.82. The topological polar surface area (TPSA) is 12.9 Å². The molecule has 0 spiro atoms. The molecule has 0 saturated heterocycles.